The summed E-state index contributed by atoms with van der Waals surface area (Å²) in [6, 6.07) is 12.3. The Hall–Kier alpha value is -2.36. The van der Waals surface area contributed by atoms with Gasteiger partial charge in [-0.15, -0.1) is 0 Å². The molecule has 0 saturated heterocycles. The zero-order valence-corrected chi connectivity index (χ0v) is 13.5. The molecule has 4 nitrogen and oxygen atoms in total. The van der Waals surface area contributed by atoms with Crippen LogP contribution in [0.5, 0.6) is 0 Å². The van der Waals surface area contributed by atoms with Gasteiger partial charge in [0.2, 0.25) is 0 Å². The van der Waals surface area contributed by atoms with Crippen LogP contribution in [-0.4, -0.2) is 17.5 Å². The molecular weight excluding hydrogens is 272 g/mol. The van der Waals surface area contributed by atoms with E-state index in [-0.39, 0.29) is 0 Å². The molecule has 0 fully saturated rings. The summed E-state index contributed by atoms with van der Waals surface area (Å²) in [5.41, 5.74) is 10.4. The van der Waals surface area contributed by atoms with Gasteiger partial charge in [0, 0.05) is 24.1 Å². The fraction of sp³-hybridized carbons (Fsp3) is 0.333. The zero-order chi connectivity index (χ0) is 15.9. The number of hydrogen-bond acceptors (Lipinski definition) is 2. The molecule has 0 aliphatic carbocycles. The van der Waals surface area contributed by atoms with E-state index < -0.39 is 0 Å². The molecule has 0 unspecified atom stereocenters. The first-order chi connectivity index (χ1) is 10.5. The van der Waals surface area contributed by atoms with E-state index in [0.29, 0.717) is 18.4 Å². The summed E-state index contributed by atoms with van der Waals surface area (Å²) in [7, 11) is 0. The predicted octanol–water partition coefficient (Wildman–Crippen LogP) is 3.48. The van der Waals surface area contributed by atoms with Crippen LogP contribution in [0.15, 0.2) is 47.6 Å². The predicted molar refractivity (Wildman–Crippen MR) is 93.3 cm³/mol. The van der Waals surface area contributed by atoms with Crippen molar-refractivity contribution < 1.29 is 0 Å². The number of rotatable bonds is 5. The summed E-state index contributed by atoms with van der Waals surface area (Å²) in [6.07, 6.45) is 2.72. The fourth-order valence-corrected chi connectivity index (χ4v) is 2.11. The molecule has 0 atom stereocenters. The molecule has 0 radical (unpaired) electrons. The minimum Gasteiger partial charge on any atom is -0.370 e. The van der Waals surface area contributed by atoms with Crippen molar-refractivity contribution in [1.82, 2.24) is 4.98 Å². The summed E-state index contributed by atoms with van der Waals surface area (Å²) in [5.74, 6) is 0.940. The molecule has 0 bridgehead atoms. The lowest BCUT2D eigenvalue weighted by molar-refractivity contribution is 0.867. The van der Waals surface area contributed by atoms with Crippen molar-refractivity contribution in [2.24, 2.45) is 10.7 Å². The number of aliphatic imine (C=N–C) groups is 1. The van der Waals surface area contributed by atoms with Gasteiger partial charge in [-0.2, -0.15) is 0 Å². The van der Waals surface area contributed by atoms with Crippen LogP contribution in [-0.2, 0) is 6.42 Å². The number of nitrogens with one attached hydrogen (secondary N) is 1. The first-order valence-corrected chi connectivity index (χ1v) is 7.63. The van der Waals surface area contributed by atoms with Gasteiger partial charge in [-0.1, -0.05) is 32.0 Å². The minimum absolute atomic E-state index is 0.445. The molecule has 3 N–H and O–H groups in total. The number of anilines is 1. The summed E-state index contributed by atoms with van der Waals surface area (Å²) in [4.78, 5) is 8.64. The van der Waals surface area contributed by atoms with E-state index in [1.165, 1.54) is 11.1 Å². The lowest BCUT2D eigenvalue weighted by Crippen LogP contribution is -2.23. The number of nitrogens with zero attached hydrogens (tertiary/aromatic N) is 2. The number of aryl methyl sites for hydroxylation is 1. The van der Waals surface area contributed by atoms with E-state index in [9.17, 15) is 0 Å². The van der Waals surface area contributed by atoms with Crippen LogP contribution in [0.4, 0.5) is 5.69 Å². The van der Waals surface area contributed by atoms with Gasteiger partial charge in [0.1, 0.15) is 0 Å². The molecule has 2 rings (SSSR count). The highest BCUT2D eigenvalue weighted by atomic mass is 15.1. The highest BCUT2D eigenvalue weighted by Gasteiger charge is 2.01. The maximum absolute atomic E-state index is 5.94. The Morgan fingerprint density at radius 3 is 2.77 bits per heavy atom. The molecule has 0 amide bonds. The van der Waals surface area contributed by atoms with Crippen LogP contribution >= 0.6 is 0 Å². The smallest absolute Gasteiger partial charge is 0.193 e. The second kappa shape index (κ2) is 7.59. The van der Waals surface area contributed by atoms with E-state index in [2.05, 4.69) is 47.3 Å². The van der Waals surface area contributed by atoms with E-state index in [1.807, 2.05) is 31.3 Å². The maximum atomic E-state index is 5.94. The average Bonchev–Trinajstić information content (AvgIpc) is 2.49. The van der Waals surface area contributed by atoms with Crippen LogP contribution in [0.1, 0.15) is 36.6 Å². The minimum atomic E-state index is 0.445. The van der Waals surface area contributed by atoms with Crippen LogP contribution in [0, 0.1) is 6.92 Å². The van der Waals surface area contributed by atoms with Crippen LogP contribution < -0.4 is 11.1 Å². The first-order valence-electron chi connectivity index (χ1n) is 7.63. The Labute approximate surface area is 132 Å². The molecule has 0 saturated carbocycles. The third kappa shape index (κ3) is 4.88. The van der Waals surface area contributed by atoms with Crippen LogP contribution in [0.2, 0.25) is 0 Å². The van der Waals surface area contributed by atoms with Crippen molar-refractivity contribution in [2.75, 3.05) is 11.9 Å². The molecule has 1 aromatic carbocycles. The molecule has 116 valence electrons. The average molecular weight is 296 g/mol. The molecule has 0 aliphatic rings. The second-order valence-electron chi connectivity index (χ2n) is 5.73. The summed E-state index contributed by atoms with van der Waals surface area (Å²) in [5, 5.41) is 3.14. The number of benzene rings is 1. The summed E-state index contributed by atoms with van der Waals surface area (Å²) >= 11 is 0. The van der Waals surface area contributed by atoms with Crippen LogP contribution in [0.25, 0.3) is 0 Å². The third-order valence-electron chi connectivity index (χ3n) is 3.48. The Balaban J connectivity index is 1.89. The Morgan fingerprint density at radius 1 is 1.27 bits per heavy atom. The largest absolute Gasteiger partial charge is 0.370 e. The highest BCUT2D eigenvalue weighted by Crippen LogP contribution is 2.18. The maximum Gasteiger partial charge on any atom is 0.193 e. The van der Waals surface area contributed by atoms with Gasteiger partial charge in [-0.25, -0.2) is 0 Å². The second-order valence-corrected chi connectivity index (χ2v) is 5.73. The summed E-state index contributed by atoms with van der Waals surface area (Å²) in [6.45, 7) is 6.97. The number of nitrogens with two attached hydrogens (primary N) is 1. The molecule has 1 aromatic heterocycles. The molecule has 0 aliphatic heterocycles. The Kier molecular flexibility index (Phi) is 5.53. The van der Waals surface area contributed by atoms with Gasteiger partial charge < -0.3 is 11.1 Å². The summed E-state index contributed by atoms with van der Waals surface area (Å²) < 4.78 is 0. The molecule has 0 spiro atoms. The van der Waals surface area contributed by atoms with Crippen molar-refractivity contribution in [3.63, 3.8) is 0 Å². The number of guanidine groups is 1. The van der Waals surface area contributed by atoms with Crippen molar-refractivity contribution >= 4 is 11.6 Å². The van der Waals surface area contributed by atoms with Crippen molar-refractivity contribution in [2.45, 2.75) is 33.1 Å². The molecule has 22 heavy (non-hydrogen) atoms. The monoisotopic (exact) mass is 296 g/mol. The van der Waals surface area contributed by atoms with Gasteiger partial charge in [0.25, 0.3) is 0 Å². The molecule has 2 aromatic rings. The van der Waals surface area contributed by atoms with Gasteiger partial charge in [-0.3, -0.25) is 9.98 Å². The molecular formula is C18H24N4. The number of aromatic nitrogens is 1. The van der Waals surface area contributed by atoms with Crippen molar-refractivity contribution in [3.05, 3.63) is 59.4 Å². The van der Waals surface area contributed by atoms with E-state index in [1.54, 1.807) is 0 Å². The van der Waals surface area contributed by atoms with E-state index >= 15 is 0 Å². The lowest BCUT2D eigenvalue weighted by atomic mass is 10.0. The topological polar surface area (TPSA) is 63.3 Å². The van der Waals surface area contributed by atoms with Gasteiger partial charge in [0.15, 0.2) is 5.96 Å². The number of hydrogen-bond donors (Lipinski definition) is 2. The number of pyridine rings is 1. The van der Waals surface area contributed by atoms with E-state index in [0.717, 1.165) is 17.8 Å². The van der Waals surface area contributed by atoms with Crippen LogP contribution in [0.3, 0.4) is 0 Å². The van der Waals surface area contributed by atoms with Gasteiger partial charge >= 0.3 is 0 Å². The van der Waals surface area contributed by atoms with Gasteiger partial charge in [-0.05, 0) is 48.6 Å². The van der Waals surface area contributed by atoms with Crippen molar-refractivity contribution in [1.29, 1.82) is 0 Å². The van der Waals surface area contributed by atoms with Crippen molar-refractivity contribution in [3.8, 4) is 0 Å². The van der Waals surface area contributed by atoms with E-state index in [4.69, 9.17) is 5.73 Å². The lowest BCUT2D eigenvalue weighted by Gasteiger charge is -2.10. The fourth-order valence-electron chi connectivity index (χ4n) is 2.11. The first kappa shape index (κ1) is 16.0. The molecule has 1 heterocycles. The normalized spacial score (nSPS) is 11.7. The Bertz CT molecular complexity index is 630. The zero-order valence-electron chi connectivity index (χ0n) is 13.5. The third-order valence-corrected chi connectivity index (χ3v) is 3.48. The SMILES string of the molecule is Cc1ccc(CCN=C(N)Nc2cccc(C(C)C)c2)cn1. The molecule has 4 heteroatoms. The standard InChI is InChI=1S/C18H24N4/c1-13(2)16-5-4-6-17(11-16)22-18(19)20-10-9-15-8-7-14(3)21-12-15/h4-8,11-13H,9-10H2,1-3H3,(H3,19,20,22). The highest BCUT2D eigenvalue weighted by molar-refractivity contribution is 5.92. The quantitative estimate of drug-likeness (QED) is 0.656. The Morgan fingerprint density at radius 2 is 2.09 bits per heavy atom. The van der Waals surface area contributed by atoms with Gasteiger partial charge in [0.05, 0.1) is 0 Å².